The highest BCUT2D eigenvalue weighted by atomic mass is 14.8. The van der Waals surface area contributed by atoms with Gasteiger partial charge in [-0.15, -0.1) is 0 Å². The summed E-state index contributed by atoms with van der Waals surface area (Å²) in [6, 6.07) is 54.3. The van der Waals surface area contributed by atoms with Crippen molar-refractivity contribution >= 4 is 10.8 Å². The lowest BCUT2D eigenvalue weighted by molar-refractivity contribution is 0.799. The van der Waals surface area contributed by atoms with Crippen LogP contribution in [0.2, 0.25) is 0 Å². The summed E-state index contributed by atoms with van der Waals surface area (Å²) >= 11 is 0. The molecular formula is C44H27N3. The van der Waals surface area contributed by atoms with E-state index in [2.05, 4.69) is 132 Å². The molecule has 5 aromatic carbocycles. The minimum absolute atomic E-state index is 0.428. The van der Waals surface area contributed by atoms with E-state index in [4.69, 9.17) is 9.97 Å². The van der Waals surface area contributed by atoms with Crippen LogP contribution in [-0.2, 0) is 5.41 Å². The summed E-state index contributed by atoms with van der Waals surface area (Å²) < 4.78 is 0. The van der Waals surface area contributed by atoms with Gasteiger partial charge < -0.3 is 0 Å². The zero-order chi connectivity index (χ0) is 31.0. The minimum atomic E-state index is -0.428. The van der Waals surface area contributed by atoms with Crippen LogP contribution in [0.1, 0.15) is 22.3 Å². The molecule has 3 nitrogen and oxygen atoms in total. The van der Waals surface area contributed by atoms with Gasteiger partial charge in [0.15, 0.2) is 0 Å². The van der Waals surface area contributed by atoms with E-state index in [1.165, 1.54) is 44.3 Å². The van der Waals surface area contributed by atoms with E-state index in [9.17, 15) is 0 Å². The van der Waals surface area contributed by atoms with Gasteiger partial charge in [-0.25, -0.2) is 4.98 Å². The largest absolute Gasteiger partial charge is 0.255 e. The third-order valence-corrected chi connectivity index (χ3v) is 10.0. The topological polar surface area (TPSA) is 38.7 Å². The Kier molecular flexibility index (Phi) is 5.49. The van der Waals surface area contributed by atoms with Crippen molar-refractivity contribution in [2.24, 2.45) is 0 Å². The molecule has 47 heavy (non-hydrogen) atoms. The first-order chi connectivity index (χ1) is 23.3. The lowest BCUT2D eigenvalue weighted by Gasteiger charge is -2.31. The van der Waals surface area contributed by atoms with Gasteiger partial charge in [-0.3, -0.25) is 9.97 Å². The molecule has 0 bridgehead atoms. The molecule has 3 aromatic heterocycles. The van der Waals surface area contributed by atoms with Gasteiger partial charge in [0.1, 0.15) is 0 Å². The van der Waals surface area contributed by atoms with Crippen molar-refractivity contribution in [3.8, 4) is 56.2 Å². The van der Waals surface area contributed by atoms with Crippen molar-refractivity contribution < 1.29 is 0 Å². The van der Waals surface area contributed by atoms with Gasteiger partial charge in [0.25, 0.3) is 0 Å². The van der Waals surface area contributed by atoms with Crippen LogP contribution in [0.25, 0.3) is 66.9 Å². The number of fused-ring (bicyclic) bond motifs is 12. The summed E-state index contributed by atoms with van der Waals surface area (Å²) in [5, 5.41) is 2.41. The maximum Gasteiger partial charge on any atom is 0.0886 e. The number of hydrogen-bond acceptors (Lipinski definition) is 3. The van der Waals surface area contributed by atoms with Crippen LogP contribution in [-0.4, -0.2) is 15.0 Å². The van der Waals surface area contributed by atoms with Gasteiger partial charge in [-0.2, -0.15) is 0 Å². The summed E-state index contributed by atoms with van der Waals surface area (Å²) in [6.07, 6.45) is 3.72. The van der Waals surface area contributed by atoms with Crippen LogP contribution >= 0.6 is 0 Å². The molecular weight excluding hydrogens is 571 g/mol. The maximum atomic E-state index is 5.59. The molecule has 0 radical (unpaired) electrons. The maximum absolute atomic E-state index is 5.59. The number of pyridine rings is 3. The normalized spacial score (nSPS) is 13.3. The standard InChI is InChI=1S/C44H27N3/c1-2-14-34-33(13-1)41-43(35-15-5-8-18-38(35)44(41)36-16-6-3-11-31(36)32-12-4-7-17-37(32)44)47-42(34)29-22-20-28(21-23-29)30-24-25-40(46-27-30)39-19-9-10-26-45-39/h1-27H. The molecule has 3 heterocycles. The van der Waals surface area contributed by atoms with Crippen molar-refractivity contribution in [2.75, 3.05) is 0 Å². The fourth-order valence-corrected chi connectivity index (χ4v) is 8.05. The summed E-state index contributed by atoms with van der Waals surface area (Å²) in [4.78, 5) is 14.7. The van der Waals surface area contributed by atoms with E-state index in [1.54, 1.807) is 6.20 Å². The molecule has 0 aliphatic heterocycles. The average Bonchev–Trinajstić information content (AvgIpc) is 3.62. The summed E-state index contributed by atoms with van der Waals surface area (Å²) in [6.45, 7) is 0. The van der Waals surface area contributed by atoms with Crippen LogP contribution in [0, 0.1) is 0 Å². The Morgan fingerprint density at radius 2 is 0.936 bits per heavy atom. The Hall–Kier alpha value is -6.19. The van der Waals surface area contributed by atoms with E-state index in [0.29, 0.717) is 0 Å². The number of aromatic nitrogens is 3. The fourth-order valence-electron chi connectivity index (χ4n) is 8.05. The van der Waals surface area contributed by atoms with Crippen molar-refractivity contribution in [3.05, 3.63) is 186 Å². The number of nitrogens with zero attached hydrogens (tertiary/aromatic N) is 3. The zero-order valence-corrected chi connectivity index (χ0v) is 25.4. The molecule has 8 aromatic rings. The molecule has 2 aliphatic carbocycles. The first-order valence-corrected chi connectivity index (χ1v) is 16.0. The Labute approximate surface area is 272 Å². The molecule has 10 rings (SSSR count). The summed E-state index contributed by atoms with van der Waals surface area (Å²) in [5.41, 5.74) is 15.7. The van der Waals surface area contributed by atoms with Gasteiger partial charge in [-0.05, 0) is 57.0 Å². The number of rotatable bonds is 3. The second-order valence-electron chi connectivity index (χ2n) is 12.3. The number of hydrogen-bond donors (Lipinski definition) is 0. The van der Waals surface area contributed by atoms with Crippen LogP contribution < -0.4 is 0 Å². The molecule has 0 fully saturated rings. The number of benzene rings is 5. The summed E-state index contributed by atoms with van der Waals surface area (Å²) in [5.74, 6) is 0. The molecule has 0 unspecified atom stereocenters. The first kappa shape index (κ1) is 26.1. The van der Waals surface area contributed by atoms with Crippen molar-refractivity contribution in [2.45, 2.75) is 5.41 Å². The van der Waals surface area contributed by atoms with Gasteiger partial charge in [0.2, 0.25) is 0 Å². The average molecular weight is 598 g/mol. The quantitative estimate of drug-likeness (QED) is 0.203. The molecule has 0 N–H and O–H groups in total. The minimum Gasteiger partial charge on any atom is -0.255 e. The Balaban J connectivity index is 1.16. The molecule has 2 aliphatic rings. The second-order valence-corrected chi connectivity index (χ2v) is 12.3. The molecule has 0 atom stereocenters. The Bertz CT molecular complexity index is 2450. The molecule has 0 saturated carbocycles. The van der Waals surface area contributed by atoms with Crippen molar-refractivity contribution in [3.63, 3.8) is 0 Å². The third-order valence-electron chi connectivity index (χ3n) is 10.0. The van der Waals surface area contributed by atoms with E-state index in [0.717, 1.165) is 44.9 Å². The molecule has 1 spiro atoms. The zero-order valence-electron chi connectivity index (χ0n) is 25.4. The SMILES string of the molecule is c1ccc(-c2ccc(-c3ccc(-c4nc5c(c6ccccc46)C4(c6ccccc6-c6ccccc64)c4ccccc4-5)cc3)cn2)nc1. The van der Waals surface area contributed by atoms with Crippen LogP contribution in [0.3, 0.4) is 0 Å². The van der Waals surface area contributed by atoms with Gasteiger partial charge in [0.05, 0.1) is 28.2 Å². The molecule has 0 amide bonds. The van der Waals surface area contributed by atoms with E-state index in [1.807, 2.05) is 30.5 Å². The van der Waals surface area contributed by atoms with E-state index >= 15 is 0 Å². The third kappa shape index (κ3) is 3.60. The van der Waals surface area contributed by atoms with E-state index < -0.39 is 5.41 Å². The van der Waals surface area contributed by atoms with Gasteiger partial charge in [0, 0.05) is 40.0 Å². The predicted molar refractivity (Wildman–Crippen MR) is 190 cm³/mol. The van der Waals surface area contributed by atoms with Crippen molar-refractivity contribution in [1.82, 2.24) is 15.0 Å². The molecule has 218 valence electrons. The predicted octanol–water partition coefficient (Wildman–Crippen LogP) is 10.4. The van der Waals surface area contributed by atoms with Gasteiger partial charge >= 0.3 is 0 Å². The van der Waals surface area contributed by atoms with Crippen LogP contribution in [0.4, 0.5) is 0 Å². The summed E-state index contributed by atoms with van der Waals surface area (Å²) in [7, 11) is 0. The monoisotopic (exact) mass is 597 g/mol. The van der Waals surface area contributed by atoms with Crippen molar-refractivity contribution in [1.29, 1.82) is 0 Å². The van der Waals surface area contributed by atoms with E-state index in [-0.39, 0.29) is 0 Å². The lowest BCUT2D eigenvalue weighted by atomic mass is 9.69. The first-order valence-electron chi connectivity index (χ1n) is 16.0. The Morgan fingerprint density at radius 3 is 1.60 bits per heavy atom. The van der Waals surface area contributed by atoms with Crippen LogP contribution in [0.15, 0.2) is 164 Å². The highest BCUT2D eigenvalue weighted by molar-refractivity contribution is 6.06. The van der Waals surface area contributed by atoms with Gasteiger partial charge in [-0.1, -0.05) is 133 Å². The second kappa shape index (κ2) is 9.90. The fraction of sp³-hybridized carbons (Fsp3) is 0.0227. The van der Waals surface area contributed by atoms with Crippen LogP contribution in [0.5, 0.6) is 0 Å². The lowest BCUT2D eigenvalue weighted by Crippen LogP contribution is -2.26. The highest BCUT2D eigenvalue weighted by Crippen LogP contribution is 2.63. The molecule has 0 saturated heterocycles. The smallest absolute Gasteiger partial charge is 0.0886 e. The molecule has 3 heteroatoms. The Morgan fingerprint density at radius 1 is 0.383 bits per heavy atom. The highest BCUT2D eigenvalue weighted by Gasteiger charge is 2.53.